The van der Waals surface area contributed by atoms with Crippen molar-refractivity contribution in [3.63, 3.8) is 0 Å². The van der Waals surface area contributed by atoms with E-state index in [0.29, 0.717) is 11.3 Å². The largest absolute Gasteiger partial charge is 0.384 e. The first kappa shape index (κ1) is 22.9. The van der Waals surface area contributed by atoms with Crippen molar-refractivity contribution < 1.29 is 9.90 Å². The van der Waals surface area contributed by atoms with Crippen molar-refractivity contribution in [3.8, 4) is 6.07 Å². The van der Waals surface area contributed by atoms with Gasteiger partial charge in [-0.1, -0.05) is 27.7 Å². The molecular formula is C23H29N3O2S. The summed E-state index contributed by atoms with van der Waals surface area (Å²) in [5.74, 6) is 0.333. The molecule has 0 fully saturated rings. The molecular weight excluding hydrogens is 382 g/mol. The zero-order valence-corrected chi connectivity index (χ0v) is 18.7. The lowest BCUT2D eigenvalue weighted by atomic mass is 9.85. The fourth-order valence-electron chi connectivity index (χ4n) is 3.13. The summed E-state index contributed by atoms with van der Waals surface area (Å²) in [7, 11) is 0. The van der Waals surface area contributed by atoms with Gasteiger partial charge in [0.05, 0.1) is 23.7 Å². The molecule has 29 heavy (non-hydrogen) atoms. The maximum absolute atomic E-state index is 12.7. The smallest absolute Gasteiger partial charge is 0.234 e. The summed E-state index contributed by atoms with van der Waals surface area (Å²) in [6.45, 7) is 11.7. The van der Waals surface area contributed by atoms with Crippen LogP contribution in [0.3, 0.4) is 0 Å². The predicted octanol–water partition coefficient (Wildman–Crippen LogP) is 4.79. The molecule has 0 radical (unpaired) electrons. The molecule has 0 atom stereocenters. The van der Waals surface area contributed by atoms with Crippen molar-refractivity contribution in [2.75, 3.05) is 0 Å². The van der Waals surface area contributed by atoms with E-state index in [4.69, 9.17) is 0 Å². The van der Waals surface area contributed by atoms with Gasteiger partial charge in [0.15, 0.2) is 0 Å². The second kappa shape index (κ2) is 9.43. The summed E-state index contributed by atoms with van der Waals surface area (Å²) in [6.07, 6.45) is 1.90. The van der Waals surface area contributed by atoms with Crippen LogP contribution in [0.15, 0.2) is 35.4 Å². The number of nitrogens with zero attached hydrogens (tertiary/aromatic N) is 2. The van der Waals surface area contributed by atoms with E-state index in [9.17, 15) is 15.2 Å². The second-order valence-corrected chi connectivity index (χ2v) is 9.18. The number of carbonyl (C=O) groups is 1. The normalized spacial score (nSPS) is 11.6. The van der Waals surface area contributed by atoms with Crippen molar-refractivity contribution >= 4 is 17.9 Å². The fourth-order valence-corrected chi connectivity index (χ4v) is 3.68. The number of hydrogen-bond acceptors (Lipinski definition) is 5. The van der Waals surface area contributed by atoms with Crippen LogP contribution in [0.2, 0.25) is 0 Å². The first-order chi connectivity index (χ1) is 13.5. The zero-order valence-electron chi connectivity index (χ0n) is 17.9. The Balaban J connectivity index is 2.17. The SMILES string of the molecule is CC(C)c1cc(C#N)cc(C(C)C)c1CC(=O)NSc1ccc(C(C)(C)O)nc1. The molecule has 2 rings (SSSR count). The second-order valence-electron chi connectivity index (χ2n) is 8.30. The highest BCUT2D eigenvalue weighted by Crippen LogP contribution is 2.30. The molecule has 0 bridgehead atoms. The Hall–Kier alpha value is -2.36. The number of aromatic nitrogens is 1. The molecule has 1 heterocycles. The van der Waals surface area contributed by atoms with Gasteiger partial charge in [0.25, 0.3) is 0 Å². The third-order valence-corrected chi connectivity index (χ3v) is 5.48. The van der Waals surface area contributed by atoms with Gasteiger partial charge in [0.2, 0.25) is 5.91 Å². The number of carbonyl (C=O) groups excluding carboxylic acids is 1. The molecule has 1 amide bonds. The van der Waals surface area contributed by atoms with Gasteiger partial charge in [-0.3, -0.25) is 14.5 Å². The van der Waals surface area contributed by atoms with Crippen molar-refractivity contribution in [1.82, 2.24) is 9.71 Å². The maximum atomic E-state index is 12.7. The first-order valence-corrected chi connectivity index (χ1v) is 10.6. The molecule has 0 aliphatic carbocycles. The minimum absolute atomic E-state index is 0.102. The van der Waals surface area contributed by atoms with E-state index in [1.807, 2.05) is 18.2 Å². The number of rotatable bonds is 7. The average Bonchev–Trinajstić information content (AvgIpc) is 2.65. The number of nitrogens with one attached hydrogen (secondary N) is 1. The Labute approximate surface area is 177 Å². The molecule has 0 saturated carbocycles. The first-order valence-electron chi connectivity index (χ1n) is 9.74. The van der Waals surface area contributed by atoms with Gasteiger partial charge in [-0.15, -0.1) is 0 Å². The maximum Gasteiger partial charge on any atom is 0.234 e. The van der Waals surface area contributed by atoms with Crippen molar-refractivity contribution in [2.45, 2.75) is 70.3 Å². The van der Waals surface area contributed by atoms with Crippen LogP contribution in [0.1, 0.15) is 81.3 Å². The highest BCUT2D eigenvalue weighted by Gasteiger charge is 2.19. The molecule has 154 valence electrons. The molecule has 1 aromatic carbocycles. The van der Waals surface area contributed by atoms with Crippen LogP contribution in [-0.4, -0.2) is 16.0 Å². The quantitative estimate of drug-likeness (QED) is 0.640. The number of nitriles is 1. The highest BCUT2D eigenvalue weighted by molar-refractivity contribution is 7.98. The lowest BCUT2D eigenvalue weighted by Gasteiger charge is -2.20. The number of amides is 1. The molecule has 5 nitrogen and oxygen atoms in total. The molecule has 1 aromatic heterocycles. The molecule has 0 aliphatic rings. The zero-order chi connectivity index (χ0) is 21.8. The lowest BCUT2D eigenvalue weighted by Crippen LogP contribution is -2.21. The van der Waals surface area contributed by atoms with E-state index in [2.05, 4.69) is 43.5 Å². The monoisotopic (exact) mass is 411 g/mol. The third-order valence-electron chi connectivity index (χ3n) is 4.68. The topological polar surface area (TPSA) is 86.0 Å². The van der Waals surface area contributed by atoms with Crippen LogP contribution in [0.5, 0.6) is 0 Å². The van der Waals surface area contributed by atoms with Gasteiger partial charge in [-0.05, 0) is 78.6 Å². The third kappa shape index (κ3) is 6.06. The number of pyridine rings is 1. The summed E-state index contributed by atoms with van der Waals surface area (Å²) < 4.78 is 2.88. The summed E-state index contributed by atoms with van der Waals surface area (Å²) in [4.78, 5) is 17.7. The standard InChI is InChI=1S/C23H29N3O2S/c1-14(2)18-9-16(12-24)10-19(15(3)4)20(18)11-22(27)26-29-17-7-8-21(25-13-17)23(5,6)28/h7-10,13-15,28H,11H2,1-6H3,(H,26,27). The minimum atomic E-state index is -0.997. The summed E-state index contributed by atoms with van der Waals surface area (Å²) in [5.41, 5.74) is 3.31. The molecule has 0 spiro atoms. The highest BCUT2D eigenvalue weighted by atomic mass is 32.2. The Kier molecular flexibility index (Phi) is 7.45. The van der Waals surface area contributed by atoms with E-state index in [1.54, 1.807) is 26.1 Å². The molecule has 0 saturated heterocycles. The summed E-state index contributed by atoms with van der Waals surface area (Å²) in [6, 6.07) is 9.60. The minimum Gasteiger partial charge on any atom is -0.384 e. The summed E-state index contributed by atoms with van der Waals surface area (Å²) >= 11 is 1.21. The number of aliphatic hydroxyl groups is 1. The van der Waals surface area contributed by atoms with Crippen LogP contribution >= 0.6 is 11.9 Å². The van der Waals surface area contributed by atoms with Gasteiger partial charge in [-0.2, -0.15) is 5.26 Å². The van der Waals surface area contributed by atoms with E-state index in [-0.39, 0.29) is 24.2 Å². The van der Waals surface area contributed by atoms with E-state index < -0.39 is 5.60 Å². The molecule has 2 aromatic rings. The van der Waals surface area contributed by atoms with Gasteiger partial charge in [0.1, 0.15) is 5.60 Å². The number of benzene rings is 1. The van der Waals surface area contributed by atoms with E-state index in [1.165, 1.54) is 11.9 Å². The van der Waals surface area contributed by atoms with Gasteiger partial charge >= 0.3 is 0 Å². The van der Waals surface area contributed by atoms with Crippen LogP contribution < -0.4 is 4.72 Å². The number of hydrogen-bond donors (Lipinski definition) is 2. The van der Waals surface area contributed by atoms with Crippen LogP contribution in [0.4, 0.5) is 0 Å². The van der Waals surface area contributed by atoms with E-state index in [0.717, 1.165) is 21.6 Å². The molecule has 2 N–H and O–H groups in total. The predicted molar refractivity (Wildman–Crippen MR) is 117 cm³/mol. The molecule has 0 unspecified atom stereocenters. The van der Waals surface area contributed by atoms with Gasteiger partial charge in [-0.25, -0.2) is 0 Å². The van der Waals surface area contributed by atoms with E-state index >= 15 is 0 Å². The summed E-state index contributed by atoms with van der Waals surface area (Å²) in [5, 5.41) is 19.3. The van der Waals surface area contributed by atoms with Crippen LogP contribution in [0, 0.1) is 11.3 Å². The Morgan fingerprint density at radius 3 is 2.21 bits per heavy atom. The van der Waals surface area contributed by atoms with Gasteiger partial charge in [0, 0.05) is 11.1 Å². The fraction of sp³-hybridized carbons (Fsp3) is 0.435. The Morgan fingerprint density at radius 2 is 1.79 bits per heavy atom. The average molecular weight is 412 g/mol. The van der Waals surface area contributed by atoms with Crippen molar-refractivity contribution in [3.05, 3.63) is 58.4 Å². The van der Waals surface area contributed by atoms with Crippen molar-refractivity contribution in [2.24, 2.45) is 0 Å². The lowest BCUT2D eigenvalue weighted by molar-refractivity contribution is -0.118. The Bertz CT molecular complexity index is 878. The molecule has 6 heteroatoms. The van der Waals surface area contributed by atoms with Gasteiger partial charge < -0.3 is 5.11 Å². The Morgan fingerprint density at radius 1 is 1.21 bits per heavy atom. The molecule has 0 aliphatic heterocycles. The van der Waals surface area contributed by atoms with Crippen LogP contribution in [0.25, 0.3) is 0 Å². The van der Waals surface area contributed by atoms with Crippen LogP contribution in [-0.2, 0) is 16.8 Å². The van der Waals surface area contributed by atoms with Crippen molar-refractivity contribution in [1.29, 1.82) is 5.26 Å².